The third kappa shape index (κ3) is 8.04. The fraction of sp³-hybridized carbons (Fsp3) is 0.524. The third-order valence-corrected chi connectivity index (χ3v) is 7.13. The van der Waals surface area contributed by atoms with Crippen molar-refractivity contribution in [3.63, 3.8) is 0 Å². The van der Waals surface area contributed by atoms with Crippen molar-refractivity contribution in [2.24, 2.45) is 5.92 Å². The van der Waals surface area contributed by atoms with Gasteiger partial charge in [0.05, 0.1) is 30.3 Å². The normalized spacial score (nSPS) is 22.9. The summed E-state index contributed by atoms with van der Waals surface area (Å²) < 4.78 is 5.12. The van der Waals surface area contributed by atoms with E-state index in [0.717, 1.165) is 29.2 Å². The molecule has 0 radical (unpaired) electrons. The van der Waals surface area contributed by atoms with Crippen LogP contribution in [0.3, 0.4) is 0 Å². The summed E-state index contributed by atoms with van der Waals surface area (Å²) in [5, 5.41) is 28.9. The fourth-order valence-electron chi connectivity index (χ4n) is 3.17. The number of Topliss-reactive ketones (excluding diaryl/α,β-unsaturated/α-hetero) is 1. The SMILES string of the molecule is COc1ccc(C[C@H](O)/C=C/[C@H]2[C@H](O)CC(=O)[C@@H]2SCCCSCC(=O)O)cc1. The smallest absolute Gasteiger partial charge is 0.313 e. The number of aliphatic hydroxyl groups excluding tert-OH is 2. The van der Waals surface area contributed by atoms with E-state index in [9.17, 15) is 19.8 Å². The minimum absolute atomic E-state index is 0.0278. The minimum atomic E-state index is -0.824. The van der Waals surface area contributed by atoms with Gasteiger partial charge in [0, 0.05) is 18.8 Å². The first-order chi connectivity index (χ1) is 13.9. The monoisotopic (exact) mass is 440 g/mol. The van der Waals surface area contributed by atoms with E-state index in [2.05, 4.69) is 0 Å². The van der Waals surface area contributed by atoms with E-state index in [1.807, 2.05) is 24.3 Å². The first-order valence-electron chi connectivity index (χ1n) is 9.52. The Labute approximate surface area is 179 Å². The molecule has 1 saturated carbocycles. The molecule has 0 heterocycles. The van der Waals surface area contributed by atoms with Gasteiger partial charge in [0.25, 0.3) is 0 Å². The van der Waals surface area contributed by atoms with E-state index in [4.69, 9.17) is 9.84 Å². The van der Waals surface area contributed by atoms with Crippen LogP contribution in [0.25, 0.3) is 0 Å². The van der Waals surface area contributed by atoms with Gasteiger partial charge in [-0.15, -0.1) is 11.8 Å². The van der Waals surface area contributed by atoms with E-state index >= 15 is 0 Å². The zero-order valence-electron chi connectivity index (χ0n) is 16.4. The largest absolute Gasteiger partial charge is 0.497 e. The number of hydrogen-bond acceptors (Lipinski definition) is 7. The summed E-state index contributed by atoms with van der Waals surface area (Å²) in [4.78, 5) is 22.7. The van der Waals surface area contributed by atoms with Crippen molar-refractivity contribution in [1.29, 1.82) is 0 Å². The number of carboxylic acid groups (broad SMARTS) is 1. The highest BCUT2D eigenvalue weighted by molar-refractivity contribution is 8.01. The Morgan fingerprint density at radius 1 is 1.31 bits per heavy atom. The average molecular weight is 441 g/mol. The maximum absolute atomic E-state index is 12.2. The van der Waals surface area contributed by atoms with Crippen LogP contribution < -0.4 is 4.74 Å². The van der Waals surface area contributed by atoms with Crippen LogP contribution in [0.2, 0.25) is 0 Å². The number of ketones is 1. The Hall–Kier alpha value is -1.48. The van der Waals surface area contributed by atoms with Gasteiger partial charge in [-0.1, -0.05) is 24.3 Å². The molecule has 1 aromatic rings. The lowest BCUT2D eigenvalue weighted by atomic mass is 10.0. The zero-order valence-corrected chi connectivity index (χ0v) is 18.0. The molecule has 2 rings (SSSR count). The van der Waals surface area contributed by atoms with Crippen molar-refractivity contribution in [1.82, 2.24) is 0 Å². The lowest BCUT2D eigenvalue weighted by Gasteiger charge is -2.17. The summed E-state index contributed by atoms with van der Waals surface area (Å²) in [7, 11) is 1.60. The highest BCUT2D eigenvalue weighted by Crippen LogP contribution is 2.34. The van der Waals surface area contributed by atoms with Crippen molar-refractivity contribution in [3.8, 4) is 5.75 Å². The molecule has 6 nitrogen and oxygen atoms in total. The number of ether oxygens (including phenoxy) is 1. The number of carbonyl (C=O) groups excluding carboxylic acids is 1. The van der Waals surface area contributed by atoms with Crippen molar-refractivity contribution >= 4 is 35.3 Å². The lowest BCUT2D eigenvalue weighted by Crippen LogP contribution is -2.22. The quantitative estimate of drug-likeness (QED) is 0.336. The molecule has 0 aromatic heterocycles. The van der Waals surface area contributed by atoms with E-state index in [1.165, 1.54) is 23.5 Å². The summed E-state index contributed by atoms with van der Waals surface area (Å²) >= 11 is 2.87. The Bertz CT molecular complexity index is 691. The Morgan fingerprint density at radius 2 is 2.03 bits per heavy atom. The number of carboxylic acids is 1. The molecule has 160 valence electrons. The zero-order chi connectivity index (χ0) is 21.2. The van der Waals surface area contributed by atoms with Crippen LogP contribution in [0.15, 0.2) is 36.4 Å². The van der Waals surface area contributed by atoms with Gasteiger partial charge in [-0.2, -0.15) is 11.8 Å². The summed E-state index contributed by atoms with van der Waals surface area (Å²) in [5.41, 5.74) is 0.968. The molecule has 0 aliphatic heterocycles. The summed E-state index contributed by atoms with van der Waals surface area (Å²) in [6, 6.07) is 7.47. The van der Waals surface area contributed by atoms with Crippen molar-refractivity contribution in [3.05, 3.63) is 42.0 Å². The highest BCUT2D eigenvalue weighted by atomic mass is 32.2. The molecule has 0 bridgehead atoms. The van der Waals surface area contributed by atoms with E-state index < -0.39 is 18.2 Å². The topological polar surface area (TPSA) is 104 Å². The predicted molar refractivity (Wildman–Crippen MR) is 117 cm³/mol. The van der Waals surface area contributed by atoms with E-state index in [-0.39, 0.29) is 29.1 Å². The molecule has 8 heteroatoms. The number of aliphatic hydroxyl groups is 2. The van der Waals surface area contributed by atoms with Gasteiger partial charge in [-0.05, 0) is 35.6 Å². The van der Waals surface area contributed by atoms with Crippen molar-refractivity contribution < 1.29 is 29.6 Å². The molecule has 4 atom stereocenters. The maximum atomic E-state index is 12.2. The number of methoxy groups -OCH3 is 1. The summed E-state index contributed by atoms with van der Waals surface area (Å²) in [6.45, 7) is 0. The number of carbonyl (C=O) groups is 2. The molecule has 0 unspecified atom stereocenters. The molecule has 29 heavy (non-hydrogen) atoms. The van der Waals surface area contributed by atoms with Gasteiger partial charge in [-0.3, -0.25) is 9.59 Å². The van der Waals surface area contributed by atoms with Gasteiger partial charge in [-0.25, -0.2) is 0 Å². The predicted octanol–water partition coefficient (Wildman–Crippen LogP) is 2.41. The Kier molecular flexibility index (Phi) is 10.1. The Morgan fingerprint density at radius 3 is 2.69 bits per heavy atom. The number of aliphatic carboxylic acids is 1. The van der Waals surface area contributed by atoms with Crippen LogP contribution in [-0.4, -0.2) is 68.9 Å². The second-order valence-electron chi connectivity index (χ2n) is 6.91. The van der Waals surface area contributed by atoms with Crippen molar-refractivity contribution in [2.45, 2.75) is 36.7 Å². The van der Waals surface area contributed by atoms with Crippen LogP contribution in [0.4, 0.5) is 0 Å². The van der Waals surface area contributed by atoms with Gasteiger partial charge < -0.3 is 20.1 Å². The number of benzene rings is 1. The summed E-state index contributed by atoms with van der Waals surface area (Å²) in [6.07, 6.45) is 3.37. The van der Waals surface area contributed by atoms with Crippen LogP contribution in [-0.2, 0) is 16.0 Å². The lowest BCUT2D eigenvalue weighted by molar-refractivity contribution is -0.133. The second-order valence-corrected chi connectivity index (χ2v) is 9.27. The van der Waals surface area contributed by atoms with Gasteiger partial charge in [0.2, 0.25) is 0 Å². The second kappa shape index (κ2) is 12.3. The third-order valence-electron chi connectivity index (χ3n) is 4.64. The molecule has 0 spiro atoms. The highest BCUT2D eigenvalue weighted by Gasteiger charge is 2.40. The van der Waals surface area contributed by atoms with Gasteiger partial charge in [0.15, 0.2) is 0 Å². The first-order valence-corrected chi connectivity index (χ1v) is 11.7. The van der Waals surface area contributed by atoms with E-state index in [0.29, 0.717) is 6.42 Å². The molecule has 1 aromatic carbocycles. The van der Waals surface area contributed by atoms with Crippen molar-refractivity contribution in [2.75, 3.05) is 24.4 Å². The van der Waals surface area contributed by atoms with Crippen LogP contribution >= 0.6 is 23.5 Å². The summed E-state index contributed by atoms with van der Waals surface area (Å²) in [5.74, 6) is 1.19. The minimum Gasteiger partial charge on any atom is -0.497 e. The molecule has 1 aliphatic rings. The van der Waals surface area contributed by atoms with Crippen LogP contribution in [0.5, 0.6) is 5.75 Å². The van der Waals surface area contributed by atoms with Crippen LogP contribution in [0, 0.1) is 5.92 Å². The molecule has 1 fully saturated rings. The molecule has 0 amide bonds. The number of rotatable bonds is 12. The van der Waals surface area contributed by atoms with E-state index in [1.54, 1.807) is 19.3 Å². The molecule has 3 N–H and O–H groups in total. The van der Waals surface area contributed by atoms with Crippen LogP contribution in [0.1, 0.15) is 18.4 Å². The number of hydrogen-bond donors (Lipinski definition) is 3. The number of thioether (sulfide) groups is 2. The molecular weight excluding hydrogens is 412 g/mol. The van der Waals surface area contributed by atoms with Gasteiger partial charge in [0.1, 0.15) is 11.5 Å². The van der Waals surface area contributed by atoms with Gasteiger partial charge >= 0.3 is 5.97 Å². The Balaban J connectivity index is 1.83. The standard InChI is InChI=1S/C21H28O6S2/c1-27-16-6-3-14(4-7-16)11-15(22)5-8-17-18(23)12-19(24)21(17)29-10-2-9-28-13-20(25)26/h3-8,15,17-18,21-23H,2,9-13H2,1H3,(H,25,26)/b8-5+/t15-,17+,18-,21-/m1/s1. The molecule has 1 aliphatic carbocycles. The molecular formula is C21H28O6S2. The fourth-order valence-corrected chi connectivity index (χ4v) is 5.36. The maximum Gasteiger partial charge on any atom is 0.313 e. The molecule has 0 saturated heterocycles. The average Bonchev–Trinajstić information content (AvgIpc) is 2.95. The first kappa shape index (κ1) is 23.8.